The van der Waals surface area contributed by atoms with Crippen LogP contribution in [0.3, 0.4) is 0 Å². The molecule has 0 saturated carbocycles. The minimum absolute atomic E-state index is 0.0271. The molecule has 1 aromatic carbocycles. The van der Waals surface area contributed by atoms with Crippen LogP contribution in [0.25, 0.3) is 0 Å². The number of hydrogen-bond donors (Lipinski definition) is 3. The fourth-order valence-corrected chi connectivity index (χ4v) is 1.95. The summed E-state index contributed by atoms with van der Waals surface area (Å²) in [7, 11) is 0. The number of halogens is 1. The molecule has 0 bridgehead atoms. The second-order valence-corrected chi connectivity index (χ2v) is 6.99. The molecule has 0 aliphatic rings. The van der Waals surface area contributed by atoms with Crippen molar-refractivity contribution in [1.29, 1.82) is 0 Å². The van der Waals surface area contributed by atoms with Crippen molar-refractivity contribution in [3.63, 3.8) is 0 Å². The largest absolute Gasteiger partial charge is 0.376 e. The highest BCUT2D eigenvalue weighted by atomic mass is 127. The lowest BCUT2D eigenvalue weighted by Crippen LogP contribution is -2.38. The van der Waals surface area contributed by atoms with Crippen LogP contribution in [0.2, 0.25) is 0 Å². The van der Waals surface area contributed by atoms with Crippen LogP contribution in [0.4, 0.5) is 5.69 Å². The molecule has 4 nitrogen and oxygen atoms in total. The van der Waals surface area contributed by atoms with Crippen LogP contribution in [-0.4, -0.2) is 31.1 Å². The molecule has 1 rings (SSSR count). The highest BCUT2D eigenvalue weighted by Crippen LogP contribution is 2.10. The Morgan fingerprint density at radius 3 is 2.40 bits per heavy atom. The number of amides is 1. The van der Waals surface area contributed by atoms with E-state index in [0.29, 0.717) is 13.1 Å². The molecular formula is C15H24IN3O. The van der Waals surface area contributed by atoms with E-state index in [9.17, 15) is 4.79 Å². The summed E-state index contributed by atoms with van der Waals surface area (Å²) in [5, 5.41) is 9.40. The van der Waals surface area contributed by atoms with Crippen molar-refractivity contribution in [3.8, 4) is 0 Å². The molecule has 0 aromatic heterocycles. The lowest BCUT2D eigenvalue weighted by atomic mass is 10.1. The fraction of sp³-hybridized carbons (Fsp3) is 0.533. The van der Waals surface area contributed by atoms with Crippen LogP contribution in [0.15, 0.2) is 24.3 Å². The van der Waals surface area contributed by atoms with E-state index in [1.165, 1.54) is 3.57 Å². The highest BCUT2D eigenvalue weighted by Gasteiger charge is 2.07. The first-order valence-corrected chi connectivity index (χ1v) is 7.96. The Morgan fingerprint density at radius 2 is 1.80 bits per heavy atom. The van der Waals surface area contributed by atoms with E-state index in [1.807, 2.05) is 24.3 Å². The van der Waals surface area contributed by atoms with Crippen molar-refractivity contribution in [2.24, 2.45) is 0 Å². The summed E-state index contributed by atoms with van der Waals surface area (Å²) < 4.78 is 1.18. The Hall–Kier alpha value is -0.820. The minimum Gasteiger partial charge on any atom is -0.376 e. The summed E-state index contributed by atoms with van der Waals surface area (Å²) in [6, 6.07) is 7.97. The average Bonchev–Trinajstić information content (AvgIpc) is 2.36. The second kappa shape index (κ2) is 8.46. The van der Waals surface area contributed by atoms with Gasteiger partial charge in [-0.1, -0.05) is 0 Å². The maximum absolute atomic E-state index is 11.6. The van der Waals surface area contributed by atoms with Crippen molar-refractivity contribution >= 4 is 34.2 Å². The van der Waals surface area contributed by atoms with Crippen LogP contribution >= 0.6 is 22.6 Å². The molecule has 0 saturated heterocycles. The van der Waals surface area contributed by atoms with Gasteiger partial charge in [0.05, 0.1) is 6.54 Å². The Bertz CT molecular complexity index is 412. The topological polar surface area (TPSA) is 53.2 Å². The molecule has 1 amide bonds. The van der Waals surface area contributed by atoms with Gasteiger partial charge in [-0.05, 0) is 80.6 Å². The number of hydrogen-bond acceptors (Lipinski definition) is 3. The van der Waals surface area contributed by atoms with Gasteiger partial charge >= 0.3 is 0 Å². The van der Waals surface area contributed by atoms with Crippen LogP contribution in [0.5, 0.6) is 0 Å². The number of anilines is 1. The first-order valence-electron chi connectivity index (χ1n) is 6.88. The number of benzene rings is 1. The Labute approximate surface area is 135 Å². The maximum Gasteiger partial charge on any atom is 0.239 e. The van der Waals surface area contributed by atoms with E-state index in [2.05, 4.69) is 59.3 Å². The van der Waals surface area contributed by atoms with Gasteiger partial charge in [0.1, 0.15) is 0 Å². The predicted octanol–water partition coefficient (Wildman–Crippen LogP) is 2.60. The molecule has 0 spiro atoms. The van der Waals surface area contributed by atoms with E-state index < -0.39 is 0 Å². The quantitative estimate of drug-likeness (QED) is 0.497. The molecule has 0 heterocycles. The molecule has 0 fully saturated rings. The average molecular weight is 389 g/mol. The molecule has 0 unspecified atom stereocenters. The summed E-state index contributed by atoms with van der Waals surface area (Å²) >= 11 is 2.26. The molecule has 0 aliphatic heterocycles. The zero-order valence-electron chi connectivity index (χ0n) is 12.4. The molecule has 3 N–H and O–H groups in total. The number of carbonyl (C=O) groups is 1. The Balaban J connectivity index is 2.10. The summed E-state index contributed by atoms with van der Waals surface area (Å²) in [5.74, 6) is 0.0271. The molecule has 0 aliphatic carbocycles. The van der Waals surface area contributed by atoms with Crippen molar-refractivity contribution in [3.05, 3.63) is 27.8 Å². The Kier molecular flexibility index (Phi) is 7.29. The Morgan fingerprint density at radius 1 is 1.15 bits per heavy atom. The standard InChI is InChI=1S/C15H24IN3O/c1-15(2,3)19-10-4-9-17-14(20)11-18-13-7-5-12(16)6-8-13/h5-8,18-19H,4,9-11H2,1-3H3,(H,17,20). The van der Waals surface area contributed by atoms with Gasteiger partial charge in [0.25, 0.3) is 0 Å². The third-order valence-electron chi connectivity index (χ3n) is 2.63. The van der Waals surface area contributed by atoms with Crippen LogP contribution < -0.4 is 16.0 Å². The number of rotatable bonds is 7. The van der Waals surface area contributed by atoms with Crippen molar-refractivity contribution < 1.29 is 4.79 Å². The van der Waals surface area contributed by atoms with Crippen molar-refractivity contribution in [2.75, 3.05) is 25.0 Å². The van der Waals surface area contributed by atoms with E-state index in [4.69, 9.17) is 0 Å². The van der Waals surface area contributed by atoms with Gasteiger partial charge in [0.2, 0.25) is 5.91 Å². The predicted molar refractivity (Wildman–Crippen MR) is 93.0 cm³/mol. The lowest BCUT2D eigenvalue weighted by molar-refractivity contribution is -0.119. The fourth-order valence-electron chi connectivity index (χ4n) is 1.59. The molecule has 5 heteroatoms. The highest BCUT2D eigenvalue weighted by molar-refractivity contribution is 14.1. The summed E-state index contributed by atoms with van der Waals surface area (Å²) in [6.45, 7) is 8.33. The summed E-state index contributed by atoms with van der Waals surface area (Å²) in [6.07, 6.45) is 0.937. The molecule has 112 valence electrons. The van der Waals surface area contributed by atoms with Crippen molar-refractivity contribution in [2.45, 2.75) is 32.7 Å². The van der Waals surface area contributed by atoms with Crippen LogP contribution in [0.1, 0.15) is 27.2 Å². The lowest BCUT2D eigenvalue weighted by Gasteiger charge is -2.20. The third-order valence-corrected chi connectivity index (χ3v) is 3.35. The summed E-state index contributed by atoms with van der Waals surface area (Å²) in [5.41, 5.74) is 1.10. The smallest absolute Gasteiger partial charge is 0.239 e. The number of nitrogens with one attached hydrogen (secondary N) is 3. The zero-order valence-corrected chi connectivity index (χ0v) is 14.6. The van der Waals surface area contributed by atoms with Crippen molar-refractivity contribution in [1.82, 2.24) is 10.6 Å². The molecule has 0 atom stereocenters. The van der Waals surface area contributed by atoms with Gasteiger partial charge in [0, 0.05) is 21.3 Å². The third kappa shape index (κ3) is 8.37. The SMILES string of the molecule is CC(C)(C)NCCCNC(=O)CNc1ccc(I)cc1. The van der Waals surface area contributed by atoms with Gasteiger partial charge in [-0.25, -0.2) is 0 Å². The molecule has 1 aromatic rings. The minimum atomic E-state index is 0.0271. The van der Waals surface area contributed by atoms with Gasteiger partial charge in [0.15, 0.2) is 0 Å². The zero-order chi connectivity index (χ0) is 15.0. The maximum atomic E-state index is 11.6. The van der Waals surface area contributed by atoms with Gasteiger partial charge in [-0.15, -0.1) is 0 Å². The van der Waals surface area contributed by atoms with Gasteiger partial charge in [-0.2, -0.15) is 0 Å². The van der Waals surface area contributed by atoms with Gasteiger partial charge < -0.3 is 16.0 Å². The molecule has 20 heavy (non-hydrogen) atoms. The normalized spacial score (nSPS) is 11.2. The summed E-state index contributed by atoms with van der Waals surface area (Å²) in [4.78, 5) is 11.6. The van der Waals surface area contributed by atoms with Crippen LogP contribution in [-0.2, 0) is 4.79 Å². The van der Waals surface area contributed by atoms with E-state index in [1.54, 1.807) is 0 Å². The molecule has 0 radical (unpaired) electrons. The van der Waals surface area contributed by atoms with Gasteiger partial charge in [-0.3, -0.25) is 4.79 Å². The number of carbonyl (C=O) groups excluding carboxylic acids is 1. The first kappa shape index (κ1) is 17.2. The monoisotopic (exact) mass is 389 g/mol. The van der Waals surface area contributed by atoms with E-state index in [-0.39, 0.29) is 11.4 Å². The second-order valence-electron chi connectivity index (χ2n) is 5.74. The van der Waals surface area contributed by atoms with Crippen LogP contribution in [0, 0.1) is 3.57 Å². The molecular weight excluding hydrogens is 365 g/mol. The van der Waals surface area contributed by atoms with E-state index >= 15 is 0 Å². The van der Waals surface area contributed by atoms with E-state index in [0.717, 1.165) is 18.7 Å². The first-order chi connectivity index (χ1) is 9.37.